The number of carboxylic acids is 1. The fourth-order valence-electron chi connectivity index (χ4n) is 3.56. The molecular weight excluding hydrogens is 337 g/mol. The monoisotopic (exact) mass is 361 g/mol. The van der Waals surface area contributed by atoms with Gasteiger partial charge in [-0.05, 0) is 62.3 Å². The second kappa shape index (κ2) is 8.21. The summed E-state index contributed by atoms with van der Waals surface area (Å²) < 4.78 is 13.4. The van der Waals surface area contributed by atoms with Crippen molar-refractivity contribution in [3.63, 3.8) is 0 Å². The summed E-state index contributed by atoms with van der Waals surface area (Å²) >= 11 is 0. The number of aromatic nitrogens is 1. The first kappa shape index (κ1) is 18.2. The molecule has 1 saturated carbocycles. The average molecular weight is 361 g/mol. The van der Waals surface area contributed by atoms with Gasteiger partial charge in [0.2, 0.25) is 0 Å². The number of carbonyl (C=O) groups excluding carboxylic acids is 1. The molecule has 6 nitrogen and oxygen atoms in total. The Balaban J connectivity index is 1.37. The number of hydrogen-bond acceptors (Lipinski definition) is 2. The van der Waals surface area contributed by atoms with Gasteiger partial charge >= 0.3 is 12.0 Å². The van der Waals surface area contributed by atoms with Crippen molar-refractivity contribution in [1.29, 1.82) is 0 Å². The fraction of sp³-hybridized carbons (Fsp3) is 0.474. The SMILES string of the molecule is O=C(NCCCc1c[nH]c2ccc(F)cc12)NC1CCC(C(=O)O)CC1. The van der Waals surface area contributed by atoms with Gasteiger partial charge in [0.25, 0.3) is 0 Å². The number of amides is 2. The summed E-state index contributed by atoms with van der Waals surface area (Å²) in [4.78, 5) is 26.0. The van der Waals surface area contributed by atoms with Gasteiger partial charge < -0.3 is 20.7 Å². The number of nitrogens with one attached hydrogen (secondary N) is 3. The lowest BCUT2D eigenvalue weighted by atomic mass is 9.86. The Morgan fingerprint density at radius 1 is 1.23 bits per heavy atom. The van der Waals surface area contributed by atoms with E-state index in [4.69, 9.17) is 5.11 Å². The van der Waals surface area contributed by atoms with Gasteiger partial charge in [0.15, 0.2) is 0 Å². The smallest absolute Gasteiger partial charge is 0.315 e. The molecule has 0 aliphatic heterocycles. The molecule has 0 saturated heterocycles. The number of halogens is 1. The predicted octanol–water partition coefficient (Wildman–Crippen LogP) is 3.18. The third-order valence-electron chi connectivity index (χ3n) is 5.05. The van der Waals surface area contributed by atoms with Crippen LogP contribution in [0, 0.1) is 11.7 Å². The molecule has 2 amide bonds. The molecule has 0 spiro atoms. The minimum Gasteiger partial charge on any atom is -0.481 e. The molecule has 26 heavy (non-hydrogen) atoms. The number of urea groups is 1. The molecule has 1 heterocycles. The minimum absolute atomic E-state index is 0.0437. The maximum Gasteiger partial charge on any atom is 0.315 e. The highest BCUT2D eigenvalue weighted by atomic mass is 19.1. The van der Waals surface area contributed by atoms with Crippen LogP contribution < -0.4 is 10.6 Å². The highest BCUT2D eigenvalue weighted by Gasteiger charge is 2.26. The van der Waals surface area contributed by atoms with E-state index in [2.05, 4.69) is 15.6 Å². The number of H-pyrrole nitrogens is 1. The second-order valence-electron chi connectivity index (χ2n) is 6.89. The molecule has 7 heteroatoms. The van der Waals surface area contributed by atoms with E-state index in [-0.39, 0.29) is 23.8 Å². The van der Waals surface area contributed by atoms with Crippen LogP contribution in [0.1, 0.15) is 37.7 Å². The maximum atomic E-state index is 13.4. The number of carbonyl (C=O) groups is 2. The number of aromatic amines is 1. The molecular formula is C19H24FN3O3. The Morgan fingerprint density at radius 3 is 2.73 bits per heavy atom. The van der Waals surface area contributed by atoms with Crippen molar-refractivity contribution in [3.05, 3.63) is 35.8 Å². The van der Waals surface area contributed by atoms with Crippen LogP contribution in [-0.2, 0) is 11.2 Å². The van der Waals surface area contributed by atoms with Crippen LogP contribution in [0.2, 0.25) is 0 Å². The van der Waals surface area contributed by atoms with Crippen molar-refractivity contribution < 1.29 is 19.1 Å². The quantitative estimate of drug-likeness (QED) is 0.595. The van der Waals surface area contributed by atoms with Crippen LogP contribution >= 0.6 is 0 Å². The molecule has 0 bridgehead atoms. The summed E-state index contributed by atoms with van der Waals surface area (Å²) in [6.45, 7) is 0.526. The van der Waals surface area contributed by atoms with Gasteiger partial charge in [-0.1, -0.05) is 0 Å². The van der Waals surface area contributed by atoms with Gasteiger partial charge in [0, 0.05) is 29.7 Å². The zero-order valence-corrected chi connectivity index (χ0v) is 14.6. The Morgan fingerprint density at radius 2 is 2.00 bits per heavy atom. The van der Waals surface area contributed by atoms with E-state index in [1.165, 1.54) is 12.1 Å². The van der Waals surface area contributed by atoms with Crippen molar-refractivity contribution >= 4 is 22.9 Å². The molecule has 1 aromatic heterocycles. The summed E-state index contributed by atoms with van der Waals surface area (Å²) in [5.41, 5.74) is 1.94. The van der Waals surface area contributed by atoms with E-state index in [1.54, 1.807) is 6.07 Å². The molecule has 1 aromatic carbocycles. The predicted molar refractivity (Wildman–Crippen MR) is 96.5 cm³/mol. The van der Waals surface area contributed by atoms with Crippen LogP contribution in [0.15, 0.2) is 24.4 Å². The van der Waals surface area contributed by atoms with E-state index < -0.39 is 5.97 Å². The molecule has 2 aromatic rings. The second-order valence-corrected chi connectivity index (χ2v) is 6.89. The van der Waals surface area contributed by atoms with Gasteiger partial charge in [0.05, 0.1) is 5.92 Å². The number of benzene rings is 1. The molecule has 140 valence electrons. The minimum atomic E-state index is -0.745. The Kier molecular flexibility index (Phi) is 5.75. The Bertz CT molecular complexity index is 781. The van der Waals surface area contributed by atoms with E-state index in [1.807, 2.05) is 6.20 Å². The largest absolute Gasteiger partial charge is 0.481 e. The lowest BCUT2D eigenvalue weighted by Crippen LogP contribution is -2.44. The number of rotatable bonds is 6. The highest BCUT2D eigenvalue weighted by molar-refractivity contribution is 5.83. The molecule has 1 fully saturated rings. The van der Waals surface area contributed by atoms with E-state index >= 15 is 0 Å². The summed E-state index contributed by atoms with van der Waals surface area (Å²) in [7, 11) is 0. The average Bonchev–Trinajstić information content (AvgIpc) is 3.01. The molecule has 1 aliphatic rings. The first-order chi connectivity index (χ1) is 12.5. The lowest BCUT2D eigenvalue weighted by molar-refractivity contribution is -0.142. The zero-order valence-electron chi connectivity index (χ0n) is 14.6. The summed E-state index contributed by atoms with van der Waals surface area (Å²) in [5.74, 6) is -1.28. The Labute approximate surface area is 151 Å². The molecule has 3 rings (SSSR count). The number of aryl methyl sites for hydroxylation is 1. The van der Waals surface area contributed by atoms with Crippen LogP contribution in [0.25, 0.3) is 10.9 Å². The van der Waals surface area contributed by atoms with Crippen molar-refractivity contribution in [2.75, 3.05) is 6.54 Å². The topological polar surface area (TPSA) is 94.2 Å². The standard InChI is InChI=1S/C19H24FN3O3/c20-14-5-8-17-16(10-14)13(11-22-17)2-1-9-21-19(26)23-15-6-3-12(4-7-15)18(24)25/h5,8,10-12,15,22H,1-4,6-7,9H2,(H,24,25)(H2,21,23,26). The molecule has 4 N–H and O–H groups in total. The third kappa shape index (κ3) is 4.53. The first-order valence-electron chi connectivity index (χ1n) is 9.05. The summed E-state index contributed by atoms with van der Waals surface area (Å²) in [5, 5.41) is 15.6. The lowest BCUT2D eigenvalue weighted by Gasteiger charge is -2.26. The molecule has 1 aliphatic carbocycles. The zero-order chi connectivity index (χ0) is 18.5. The normalized spacial score (nSPS) is 20.0. The van der Waals surface area contributed by atoms with Crippen molar-refractivity contribution in [2.45, 2.75) is 44.6 Å². The number of carboxylic acid groups (broad SMARTS) is 1. The fourth-order valence-corrected chi connectivity index (χ4v) is 3.56. The van der Waals surface area contributed by atoms with Gasteiger partial charge in [-0.3, -0.25) is 4.79 Å². The number of aliphatic carboxylic acids is 1. The Hall–Kier alpha value is -2.57. The van der Waals surface area contributed by atoms with E-state index in [9.17, 15) is 14.0 Å². The molecule has 0 radical (unpaired) electrons. The van der Waals surface area contributed by atoms with Gasteiger partial charge in [-0.2, -0.15) is 0 Å². The summed E-state index contributed by atoms with van der Waals surface area (Å²) in [6, 6.07) is 4.50. The van der Waals surface area contributed by atoms with Crippen LogP contribution in [0.3, 0.4) is 0 Å². The maximum absolute atomic E-state index is 13.4. The van der Waals surface area contributed by atoms with Crippen LogP contribution in [0.5, 0.6) is 0 Å². The highest BCUT2D eigenvalue weighted by Crippen LogP contribution is 2.24. The molecule has 0 atom stereocenters. The van der Waals surface area contributed by atoms with Gasteiger partial charge in [0.1, 0.15) is 5.82 Å². The van der Waals surface area contributed by atoms with Gasteiger partial charge in [-0.15, -0.1) is 0 Å². The number of fused-ring (bicyclic) bond motifs is 1. The third-order valence-corrected chi connectivity index (χ3v) is 5.05. The number of hydrogen-bond donors (Lipinski definition) is 4. The van der Waals surface area contributed by atoms with Crippen molar-refractivity contribution in [2.24, 2.45) is 5.92 Å². The molecule has 0 unspecified atom stereocenters. The van der Waals surface area contributed by atoms with Crippen molar-refractivity contribution in [3.8, 4) is 0 Å². The van der Waals surface area contributed by atoms with E-state index in [0.29, 0.717) is 32.2 Å². The van der Waals surface area contributed by atoms with Crippen LogP contribution in [0.4, 0.5) is 9.18 Å². The van der Waals surface area contributed by atoms with Gasteiger partial charge in [-0.25, -0.2) is 9.18 Å². The van der Waals surface area contributed by atoms with Crippen LogP contribution in [-0.4, -0.2) is 34.7 Å². The summed E-state index contributed by atoms with van der Waals surface area (Å²) in [6.07, 6.45) is 5.99. The van der Waals surface area contributed by atoms with Crippen molar-refractivity contribution in [1.82, 2.24) is 15.6 Å². The van der Waals surface area contributed by atoms with E-state index in [0.717, 1.165) is 29.3 Å². The first-order valence-corrected chi connectivity index (χ1v) is 9.05.